The van der Waals surface area contributed by atoms with Crippen molar-refractivity contribution in [2.75, 3.05) is 0 Å². The molecule has 4 rings (SSSR count). The normalized spacial score (nSPS) is 20.0. The molecule has 0 spiro atoms. The van der Waals surface area contributed by atoms with Gasteiger partial charge >= 0.3 is 0 Å². The summed E-state index contributed by atoms with van der Waals surface area (Å²) in [6.07, 6.45) is 7.01. The fourth-order valence-corrected chi connectivity index (χ4v) is 5.58. The second-order valence-corrected chi connectivity index (χ2v) is 9.88. The maximum absolute atomic E-state index is 11.8. The number of hydrogen-bond acceptors (Lipinski definition) is 3. The summed E-state index contributed by atoms with van der Waals surface area (Å²) in [5.74, 6) is 1.41. The van der Waals surface area contributed by atoms with E-state index in [1.165, 1.54) is 30.9 Å². The molecule has 0 radical (unpaired) electrons. The SMILES string of the molecule is Cc1ccc(S(=O)(=O)O)c(CC2Cc3cc(Cl)cc(C4CCCCC4)c3O2)c1. The fraction of sp³-hybridized carbons (Fsp3) is 0.455. The van der Waals surface area contributed by atoms with Gasteiger partial charge in [0.1, 0.15) is 11.9 Å². The van der Waals surface area contributed by atoms with E-state index in [0.29, 0.717) is 24.3 Å². The van der Waals surface area contributed by atoms with Crippen LogP contribution >= 0.6 is 11.6 Å². The first-order valence-corrected chi connectivity index (χ1v) is 11.7. The van der Waals surface area contributed by atoms with Crippen molar-refractivity contribution in [3.63, 3.8) is 0 Å². The Morgan fingerprint density at radius 1 is 1.14 bits per heavy atom. The summed E-state index contributed by atoms with van der Waals surface area (Å²) in [6, 6.07) is 8.97. The van der Waals surface area contributed by atoms with Crippen LogP contribution in [0.4, 0.5) is 0 Å². The molecule has 150 valence electrons. The van der Waals surface area contributed by atoms with Gasteiger partial charge in [0.25, 0.3) is 10.1 Å². The maximum Gasteiger partial charge on any atom is 0.294 e. The van der Waals surface area contributed by atoms with Gasteiger partial charge < -0.3 is 4.74 Å². The highest BCUT2D eigenvalue weighted by Gasteiger charge is 2.31. The Labute approximate surface area is 171 Å². The number of fused-ring (bicyclic) bond motifs is 1. The smallest absolute Gasteiger partial charge is 0.294 e. The highest BCUT2D eigenvalue weighted by Crippen LogP contribution is 2.44. The van der Waals surface area contributed by atoms with Gasteiger partial charge in [-0.25, -0.2) is 0 Å². The van der Waals surface area contributed by atoms with Crippen LogP contribution in [0.1, 0.15) is 60.3 Å². The number of halogens is 1. The van der Waals surface area contributed by atoms with Gasteiger partial charge in [-0.05, 0) is 60.6 Å². The van der Waals surface area contributed by atoms with Crippen LogP contribution in [0, 0.1) is 6.92 Å². The van der Waals surface area contributed by atoms with Crippen LogP contribution in [0.25, 0.3) is 0 Å². The van der Waals surface area contributed by atoms with Gasteiger partial charge in [-0.15, -0.1) is 0 Å². The molecule has 1 aliphatic heterocycles. The molecule has 2 aliphatic rings. The largest absolute Gasteiger partial charge is 0.489 e. The quantitative estimate of drug-likeness (QED) is 0.664. The Morgan fingerprint density at radius 3 is 2.61 bits per heavy atom. The molecule has 1 heterocycles. The van der Waals surface area contributed by atoms with Crippen LogP contribution in [0.5, 0.6) is 5.75 Å². The summed E-state index contributed by atoms with van der Waals surface area (Å²) in [4.78, 5) is -0.0387. The third-order valence-corrected chi connectivity index (χ3v) is 7.05. The average molecular weight is 421 g/mol. The minimum Gasteiger partial charge on any atom is -0.489 e. The van der Waals surface area contributed by atoms with Gasteiger partial charge in [-0.2, -0.15) is 8.42 Å². The number of rotatable bonds is 4. The number of aryl methyl sites for hydroxylation is 1. The van der Waals surface area contributed by atoms with Gasteiger partial charge in [-0.3, -0.25) is 4.55 Å². The molecule has 1 fully saturated rings. The molecular weight excluding hydrogens is 396 g/mol. The van der Waals surface area contributed by atoms with Gasteiger partial charge in [0.15, 0.2) is 0 Å². The van der Waals surface area contributed by atoms with E-state index in [1.54, 1.807) is 6.07 Å². The third kappa shape index (κ3) is 4.07. The second kappa shape index (κ2) is 7.69. The Balaban J connectivity index is 1.62. The summed E-state index contributed by atoms with van der Waals surface area (Å²) < 4.78 is 39.4. The van der Waals surface area contributed by atoms with Crippen molar-refractivity contribution in [3.05, 3.63) is 57.6 Å². The van der Waals surface area contributed by atoms with E-state index < -0.39 is 10.1 Å². The summed E-state index contributed by atoms with van der Waals surface area (Å²) in [6.45, 7) is 1.91. The van der Waals surface area contributed by atoms with Crippen LogP contribution in [-0.4, -0.2) is 19.1 Å². The Bertz CT molecular complexity index is 994. The van der Waals surface area contributed by atoms with Crippen molar-refractivity contribution in [3.8, 4) is 5.75 Å². The van der Waals surface area contributed by atoms with E-state index in [9.17, 15) is 13.0 Å². The lowest BCUT2D eigenvalue weighted by Crippen LogP contribution is -2.18. The monoisotopic (exact) mass is 420 g/mol. The molecule has 0 saturated heterocycles. The molecule has 6 heteroatoms. The molecule has 1 atom stereocenters. The van der Waals surface area contributed by atoms with Crippen LogP contribution in [0.3, 0.4) is 0 Å². The van der Waals surface area contributed by atoms with Crippen molar-refractivity contribution in [2.24, 2.45) is 0 Å². The van der Waals surface area contributed by atoms with Crippen molar-refractivity contribution >= 4 is 21.7 Å². The number of hydrogen-bond donors (Lipinski definition) is 1. The van der Waals surface area contributed by atoms with Gasteiger partial charge in [-0.1, -0.05) is 48.6 Å². The molecule has 0 bridgehead atoms. The van der Waals surface area contributed by atoms with E-state index in [4.69, 9.17) is 16.3 Å². The molecule has 4 nitrogen and oxygen atoms in total. The predicted molar refractivity (Wildman–Crippen MR) is 110 cm³/mol. The predicted octanol–water partition coefficient (Wildman–Crippen LogP) is 5.49. The Morgan fingerprint density at radius 2 is 1.89 bits per heavy atom. The van der Waals surface area contributed by atoms with Gasteiger partial charge in [0, 0.05) is 17.9 Å². The standard InChI is InChI=1S/C22H25ClO4S/c1-14-7-8-21(28(24,25)26)16(9-14)11-19-12-17-10-18(23)13-20(22(17)27-19)15-5-3-2-4-6-15/h7-10,13,15,19H,2-6,11-12H2,1H3,(H,24,25,26). The minimum atomic E-state index is -4.27. The van der Waals surface area contributed by atoms with Gasteiger partial charge in [0.2, 0.25) is 0 Å². The summed E-state index contributed by atoms with van der Waals surface area (Å²) in [5, 5.41) is 0.734. The lowest BCUT2D eigenvalue weighted by Gasteiger charge is -2.24. The molecule has 1 unspecified atom stereocenters. The molecule has 1 aliphatic carbocycles. The maximum atomic E-state index is 11.8. The number of benzene rings is 2. The van der Waals surface area contributed by atoms with Crippen LogP contribution < -0.4 is 4.74 Å². The van der Waals surface area contributed by atoms with E-state index in [0.717, 1.165) is 34.7 Å². The van der Waals surface area contributed by atoms with E-state index in [-0.39, 0.29) is 11.0 Å². The molecule has 2 aromatic rings. The lowest BCUT2D eigenvalue weighted by atomic mass is 9.83. The molecule has 1 saturated carbocycles. The van der Waals surface area contributed by atoms with E-state index >= 15 is 0 Å². The summed E-state index contributed by atoms with van der Waals surface area (Å²) in [5.41, 5.74) is 3.83. The highest BCUT2D eigenvalue weighted by molar-refractivity contribution is 7.85. The highest BCUT2D eigenvalue weighted by atomic mass is 35.5. The zero-order valence-corrected chi connectivity index (χ0v) is 17.5. The summed E-state index contributed by atoms with van der Waals surface area (Å²) >= 11 is 6.39. The average Bonchev–Trinajstić information content (AvgIpc) is 3.02. The van der Waals surface area contributed by atoms with Crippen molar-refractivity contribution < 1.29 is 17.7 Å². The van der Waals surface area contributed by atoms with Crippen molar-refractivity contribution in [1.82, 2.24) is 0 Å². The number of ether oxygens (including phenoxy) is 1. The minimum absolute atomic E-state index is 0.0387. The van der Waals surface area contributed by atoms with Gasteiger partial charge in [0.05, 0.1) is 4.90 Å². The first-order valence-electron chi connectivity index (χ1n) is 9.87. The third-order valence-electron chi connectivity index (χ3n) is 5.88. The molecule has 0 amide bonds. The fourth-order valence-electron chi connectivity index (χ4n) is 4.62. The Hall–Kier alpha value is -1.56. The topological polar surface area (TPSA) is 63.6 Å². The van der Waals surface area contributed by atoms with E-state index in [1.807, 2.05) is 25.1 Å². The van der Waals surface area contributed by atoms with Crippen LogP contribution in [-0.2, 0) is 23.0 Å². The zero-order chi connectivity index (χ0) is 19.9. The molecule has 28 heavy (non-hydrogen) atoms. The van der Waals surface area contributed by atoms with Crippen molar-refractivity contribution in [1.29, 1.82) is 0 Å². The summed E-state index contributed by atoms with van der Waals surface area (Å²) in [7, 11) is -4.27. The molecule has 1 N–H and O–H groups in total. The molecular formula is C22H25ClO4S. The van der Waals surface area contributed by atoms with E-state index in [2.05, 4.69) is 0 Å². The molecule has 0 aromatic heterocycles. The first-order chi connectivity index (χ1) is 13.3. The molecule has 2 aromatic carbocycles. The Kier molecular flexibility index (Phi) is 5.43. The van der Waals surface area contributed by atoms with Crippen LogP contribution in [0.15, 0.2) is 35.2 Å². The zero-order valence-electron chi connectivity index (χ0n) is 15.9. The second-order valence-electron chi connectivity index (χ2n) is 8.05. The van der Waals surface area contributed by atoms with Crippen molar-refractivity contribution in [2.45, 2.75) is 68.8 Å². The van der Waals surface area contributed by atoms with Crippen LogP contribution in [0.2, 0.25) is 5.02 Å². The lowest BCUT2D eigenvalue weighted by molar-refractivity contribution is 0.228. The first kappa shape index (κ1) is 19.7.